The van der Waals surface area contributed by atoms with Crippen LogP contribution in [0.5, 0.6) is 0 Å². The molecule has 3 rings (SSSR count). The molecule has 0 bridgehead atoms. The number of nitrogens with zero attached hydrogens (tertiary/aromatic N) is 2. The molecule has 0 radical (unpaired) electrons. The molecule has 2 aromatic rings. The maximum Gasteiger partial charge on any atom is 0.310 e. The van der Waals surface area contributed by atoms with Crippen molar-refractivity contribution in [2.45, 2.75) is 6.54 Å². The minimum absolute atomic E-state index is 0.0965. The summed E-state index contributed by atoms with van der Waals surface area (Å²) in [5, 5.41) is 9.64. The molecular formula is C14H13FN2O3. The number of aromatic nitrogens is 1. The molecule has 1 aliphatic heterocycles. The number of aliphatic carboxylic acids is 1. The second-order valence-corrected chi connectivity index (χ2v) is 4.98. The first-order chi connectivity index (χ1) is 9.54. The quantitative estimate of drug-likeness (QED) is 0.919. The van der Waals surface area contributed by atoms with Crippen LogP contribution in [0.25, 0.3) is 10.9 Å². The monoisotopic (exact) mass is 276 g/mol. The summed E-state index contributed by atoms with van der Waals surface area (Å²) >= 11 is 0. The van der Waals surface area contributed by atoms with Crippen molar-refractivity contribution in [1.29, 1.82) is 0 Å². The number of likely N-dealkylation sites (tertiary alicyclic amines) is 1. The molecule has 1 saturated heterocycles. The van der Waals surface area contributed by atoms with Crippen LogP contribution in [-0.4, -0.2) is 39.5 Å². The van der Waals surface area contributed by atoms with Gasteiger partial charge in [-0.25, -0.2) is 4.39 Å². The Morgan fingerprint density at radius 2 is 2.05 bits per heavy atom. The Balaban J connectivity index is 1.72. The average molecular weight is 276 g/mol. The molecule has 5 nitrogen and oxygen atoms in total. The molecule has 0 atom stereocenters. The number of halogens is 1. The molecule has 104 valence electrons. The molecule has 1 aromatic heterocycles. The lowest BCUT2D eigenvalue weighted by Crippen LogP contribution is -2.53. The number of hydrogen-bond donors (Lipinski definition) is 1. The second kappa shape index (κ2) is 4.63. The highest BCUT2D eigenvalue weighted by atomic mass is 19.1. The van der Waals surface area contributed by atoms with E-state index in [2.05, 4.69) is 0 Å². The normalized spacial score (nSPS) is 15.3. The summed E-state index contributed by atoms with van der Waals surface area (Å²) in [5.41, 5.74) is 0.661. The number of rotatable bonds is 3. The van der Waals surface area contributed by atoms with E-state index < -0.39 is 11.9 Å². The Hall–Kier alpha value is -2.37. The Bertz CT molecular complexity index is 689. The van der Waals surface area contributed by atoms with Crippen molar-refractivity contribution in [1.82, 2.24) is 9.47 Å². The lowest BCUT2D eigenvalue weighted by Gasteiger charge is -2.36. The summed E-state index contributed by atoms with van der Waals surface area (Å²) in [4.78, 5) is 24.2. The van der Waals surface area contributed by atoms with Gasteiger partial charge in [0.15, 0.2) is 0 Å². The zero-order chi connectivity index (χ0) is 14.3. The van der Waals surface area contributed by atoms with E-state index in [1.807, 2.05) is 6.07 Å². The number of carbonyl (C=O) groups is 2. The first-order valence-electron chi connectivity index (χ1n) is 6.29. The average Bonchev–Trinajstić information content (AvgIpc) is 2.69. The number of carbonyl (C=O) groups excluding carboxylic acids is 1. The number of hydrogen-bond acceptors (Lipinski definition) is 2. The van der Waals surface area contributed by atoms with Gasteiger partial charge in [-0.3, -0.25) is 9.59 Å². The van der Waals surface area contributed by atoms with Crippen LogP contribution in [0.15, 0.2) is 30.5 Å². The van der Waals surface area contributed by atoms with Crippen molar-refractivity contribution in [3.8, 4) is 0 Å². The molecule has 6 heteroatoms. The van der Waals surface area contributed by atoms with Gasteiger partial charge >= 0.3 is 5.97 Å². The lowest BCUT2D eigenvalue weighted by atomic mass is 10.0. The number of carboxylic acids is 1. The van der Waals surface area contributed by atoms with E-state index in [9.17, 15) is 14.0 Å². The van der Waals surface area contributed by atoms with E-state index in [-0.39, 0.29) is 31.4 Å². The molecule has 0 spiro atoms. The third-order valence-corrected chi connectivity index (χ3v) is 3.63. The molecule has 1 N–H and O–H groups in total. The molecular weight excluding hydrogens is 263 g/mol. The lowest BCUT2D eigenvalue weighted by molar-refractivity contribution is -0.152. The highest BCUT2D eigenvalue weighted by Gasteiger charge is 2.35. The number of benzene rings is 1. The molecule has 20 heavy (non-hydrogen) atoms. The fraction of sp³-hybridized carbons (Fsp3) is 0.286. The van der Waals surface area contributed by atoms with Crippen LogP contribution in [0.1, 0.15) is 0 Å². The van der Waals surface area contributed by atoms with Gasteiger partial charge < -0.3 is 14.6 Å². The Morgan fingerprint density at radius 3 is 2.75 bits per heavy atom. The molecule has 1 aliphatic rings. The number of fused-ring (bicyclic) bond motifs is 1. The van der Waals surface area contributed by atoms with Crippen LogP contribution >= 0.6 is 0 Å². The Kier molecular flexibility index (Phi) is 2.93. The Morgan fingerprint density at radius 1 is 1.30 bits per heavy atom. The molecule has 1 aromatic carbocycles. The number of amides is 1. The van der Waals surface area contributed by atoms with Crippen molar-refractivity contribution in [3.05, 3.63) is 36.3 Å². The highest BCUT2D eigenvalue weighted by Crippen LogP contribution is 2.19. The molecule has 1 amide bonds. The zero-order valence-electron chi connectivity index (χ0n) is 10.6. The van der Waals surface area contributed by atoms with E-state index >= 15 is 0 Å². The smallest absolute Gasteiger partial charge is 0.310 e. The molecule has 0 unspecified atom stereocenters. The minimum Gasteiger partial charge on any atom is -0.481 e. The van der Waals surface area contributed by atoms with Crippen molar-refractivity contribution < 1.29 is 19.1 Å². The van der Waals surface area contributed by atoms with E-state index in [4.69, 9.17) is 5.11 Å². The standard InChI is InChI=1S/C14H13FN2O3/c15-11-2-1-9-3-4-16(12(9)5-11)8-13(18)17-6-10(7-17)14(19)20/h1-5,10H,6-8H2,(H,19,20). The van der Waals surface area contributed by atoms with Crippen molar-refractivity contribution >= 4 is 22.8 Å². The molecule has 0 saturated carbocycles. The van der Waals surface area contributed by atoms with Crippen molar-refractivity contribution in [2.75, 3.05) is 13.1 Å². The van der Waals surface area contributed by atoms with Crippen LogP contribution < -0.4 is 0 Å². The maximum absolute atomic E-state index is 13.2. The summed E-state index contributed by atoms with van der Waals surface area (Å²) in [6.45, 7) is 0.600. The second-order valence-electron chi connectivity index (χ2n) is 4.98. The summed E-state index contributed by atoms with van der Waals surface area (Å²) in [5.74, 6) is -1.83. The predicted molar refractivity (Wildman–Crippen MR) is 69.6 cm³/mol. The highest BCUT2D eigenvalue weighted by molar-refractivity contribution is 5.84. The van der Waals surface area contributed by atoms with Gasteiger partial charge in [-0.2, -0.15) is 0 Å². The first kappa shape index (κ1) is 12.7. The van der Waals surface area contributed by atoms with Crippen molar-refractivity contribution in [3.63, 3.8) is 0 Å². The van der Waals surface area contributed by atoms with Crippen LogP contribution in [-0.2, 0) is 16.1 Å². The summed E-state index contributed by atoms with van der Waals surface area (Å²) in [6, 6.07) is 6.24. The largest absolute Gasteiger partial charge is 0.481 e. The van der Waals surface area contributed by atoms with Gasteiger partial charge in [0.25, 0.3) is 0 Å². The van der Waals surface area contributed by atoms with E-state index in [0.29, 0.717) is 5.52 Å². The molecule has 2 heterocycles. The van der Waals surface area contributed by atoms with Crippen LogP contribution in [0.4, 0.5) is 4.39 Å². The maximum atomic E-state index is 13.2. The third-order valence-electron chi connectivity index (χ3n) is 3.63. The summed E-state index contributed by atoms with van der Waals surface area (Å²) in [7, 11) is 0. The van der Waals surface area contributed by atoms with E-state index in [1.165, 1.54) is 17.0 Å². The van der Waals surface area contributed by atoms with E-state index in [1.54, 1.807) is 16.8 Å². The van der Waals surface area contributed by atoms with Gasteiger partial charge in [0.05, 0.1) is 11.4 Å². The zero-order valence-corrected chi connectivity index (χ0v) is 10.6. The number of carboxylic acid groups (broad SMARTS) is 1. The van der Waals surface area contributed by atoms with Crippen LogP contribution in [0, 0.1) is 11.7 Å². The van der Waals surface area contributed by atoms with Gasteiger partial charge in [0.1, 0.15) is 12.4 Å². The van der Waals surface area contributed by atoms with Gasteiger partial charge in [-0.15, -0.1) is 0 Å². The topological polar surface area (TPSA) is 62.5 Å². The Labute approximate surface area is 114 Å². The van der Waals surface area contributed by atoms with Crippen LogP contribution in [0.3, 0.4) is 0 Å². The fourth-order valence-corrected chi connectivity index (χ4v) is 2.38. The van der Waals surface area contributed by atoms with E-state index in [0.717, 1.165) is 5.39 Å². The SMILES string of the molecule is O=C(O)C1CN(C(=O)Cn2ccc3ccc(F)cc32)C1. The molecule has 1 fully saturated rings. The third kappa shape index (κ3) is 2.13. The van der Waals surface area contributed by atoms with Gasteiger partial charge in [-0.05, 0) is 29.7 Å². The van der Waals surface area contributed by atoms with Gasteiger partial charge in [0, 0.05) is 19.3 Å². The van der Waals surface area contributed by atoms with Gasteiger partial charge in [-0.1, -0.05) is 0 Å². The predicted octanol–water partition coefficient (Wildman–Crippen LogP) is 1.32. The fourth-order valence-electron chi connectivity index (χ4n) is 2.38. The first-order valence-corrected chi connectivity index (χ1v) is 6.29. The van der Waals surface area contributed by atoms with Crippen molar-refractivity contribution in [2.24, 2.45) is 5.92 Å². The van der Waals surface area contributed by atoms with Crippen LogP contribution in [0.2, 0.25) is 0 Å². The minimum atomic E-state index is -0.873. The molecule has 0 aliphatic carbocycles. The summed E-state index contributed by atoms with van der Waals surface area (Å²) in [6.07, 6.45) is 1.73. The van der Waals surface area contributed by atoms with Gasteiger partial charge in [0.2, 0.25) is 5.91 Å². The summed E-state index contributed by atoms with van der Waals surface area (Å²) < 4.78 is 14.9.